The van der Waals surface area contributed by atoms with Crippen molar-refractivity contribution in [1.82, 2.24) is 4.98 Å². The van der Waals surface area contributed by atoms with Crippen LogP contribution in [0.4, 0.5) is 11.5 Å². The van der Waals surface area contributed by atoms with Crippen molar-refractivity contribution in [1.29, 1.82) is 0 Å². The molecule has 1 aromatic heterocycles. The molecule has 0 bridgehead atoms. The molecule has 0 aliphatic carbocycles. The Balaban J connectivity index is 2.26. The van der Waals surface area contributed by atoms with Crippen molar-refractivity contribution in [3.63, 3.8) is 0 Å². The normalized spacial score (nSPS) is 11.2. The van der Waals surface area contributed by atoms with Gasteiger partial charge in [-0.25, -0.2) is 13.4 Å². The minimum atomic E-state index is -3.71. The second kappa shape index (κ2) is 6.55. The summed E-state index contributed by atoms with van der Waals surface area (Å²) in [6.45, 7) is 0. The molecule has 5 nitrogen and oxygen atoms in total. The molecule has 2 aromatic rings. The zero-order valence-electron chi connectivity index (χ0n) is 11.4. The third-order valence-corrected chi connectivity index (χ3v) is 5.09. The number of nitrogens with one attached hydrogen (secondary N) is 2. The molecule has 0 saturated carbocycles. The van der Waals surface area contributed by atoms with Gasteiger partial charge in [-0.3, -0.25) is 4.72 Å². The molecule has 0 spiro atoms. The topological polar surface area (TPSA) is 71.1 Å². The number of hydrogen-bond acceptors (Lipinski definition) is 5. The van der Waals surface area contributed by atoms with Crippen molar-refractivity contribution in [2.24, 2.45) is 0 Å². The lowest BCUT2D eigenvalue weighted by Crippen LogP contribution is -2.13. The van der Waals surface area contributed by atoms with Gasteiger partial charge in [-0.2, -0.15) is 0 Å². The second-order valence-corrected chi connectivity index (χ2v) is 7.05. The fourth-order valence-corrected chi connectivity index (χ4v) is 3.39. The van der Waals surface area contributed by atoms with E-state index >= 15 is 0 Å². The first-order valence-corrected chi connectivity index (χ1v) is 9.05. The molecule has 8 heteroatoms. The number of hydrogen-bond donors (Lipinski definition) is 2. The Morgan fingerprint density at radius 2 is 1.90 bits per heavy atom. The van der Waals surface area contributed by atoms with Crippen LogP contribution in [0.1, 0.15) is 0 Å². The van der Waals surface area contributed by atoms with E-state index in [9.17, 15) is 8.42 Å². The van der Waals surface area contributed by atoms with Gasteiger partial charge in [-0.15, -0.1) is 11.8 Å². The lowest BCUT2D eigenvalue weighted by Gasteiger charge is -2.10. The summed E-state index contributed by atoms with van der Waals surface area (Å²) in [6, 6.07) is 8.47. The zero-order valence-corrected chi connectivity index (χ0v) is 13.8. The van der Waals surface area contributed by atoms with Gasteiger partial charge in [0.2, 0.25) is 0 Å². The number of anilines is 2. The Hall–Kier alpha value is -1.44. The highest BCUT2D eigenvalue weighted by Gasteiger charge is 2.16. The molecule has 0 saturated heterocycles. The first kappa shape index (κ1) is 15.9. The zero-order chi connectivity index (χ0) is 15.5. The Labute approximate surface area is 133 Å². The number of sulfonamides is 1. The van der Waals surface area contributed by atoms with Gasteiger partial charge in [-0.05, 0) is 36.6 Å². The van der Waals surface area contributed by atoms with Crippen LogP contribution in [-0.4, -0.2) is 26.7 Å². The van der Waals surface area contributed by atoms with E-state index in [1.54, 1.807) is 30.9 Å². The van der Waals surface area contributed by atoms with Crippen LogP contribution < -0.4 is 10.0 Å². The lowest BCUT2D eigenvalue weighted by molar-refractivity contribution is 0.601. The SMILES string of the molecule is CNc1ncc(S(=O)(=O)Nc2ccc(SC)cc2)cc1Cl. The van der Waals surface area contributed by atoms with Crippen molar-refractivity contribution < 1.29 is 8.42 Å². The molecular weight excluding hydrogens is 330 g/mol. The van der Waals surface area contributed by atoms with Gasteiger partial charge in [0, 0.05) is 23.8 Å². The summed E-state index contributed by atoms with van der Waals surface area (Å²) in [6.07, 6.45) is 3.21. The maximum absolute atomic E-state index is 12.3. The molecular formula is C13H14ClN3O2S2. The molecule has 0 fully saturated rings. The molecule has 0 unspecified atom stereocenters. The Morgan fingerprint density at radius 3 is 2.43 bits per heavy atom. The first-order valence-electron chi connectivity index (χ1n) is 5.96. The maximum Gasteiger partial charge on any atom is 0.263 e. The van der Waals surface area contributed by atoms with Gasteiger partial charge < -0.3 is 5.32 Å². The van der Waals surface area contributed by atoms with Gasteiger partial charge >= 0.3 is 0 Å². The summed E-state index contributed by atoms with van der Waals surface area (Å²) in [5.41, 5.74) is 0.488. The summed E-state index contributed by atoms with van der Waals surface area (Å²) in [7, 11) is -2.05. The largest absolute Gasteiger partial charge is 0.372 e. The summed E-state index contributed by atoms with van der Waals surface area (Å²) in [5.74, 6) is 0.431. The third kappa shape index (κ3) is 3.81. The summed E-state index contributed by atoms with van der Waals surface area (Å²) in [5, 5.41) is 3.02. The van der Waals surface area contributed by atoms with E-state index in [1.165, 1.54) is 12.3 Å². The van der Waals surface area contributed by atoms with Crippen LogP contribution in [0.5, 0.6) is 0 Å². The third-order valence-electron chi connectivity index (χ3n) is 2.71. The van der Waals surface area contributed by atoms with Gasteiger partial charge in [0.25, 0.3) is 10.0 Å². The fraction of sp³-hybridized carbons (Fsp3) is 0.154. The van der Waals surface area contributed by atoms with Gasteiger partial charge in [0.15, 0.2) is 0 Å². The number of rotatable bonds is 5. The minimum Gasteiger partial charge on any atom is -0.372 e. The number of nitrogens with zero attached hydrogens (tertiary/aromatic N) is 1. The number of pyridine rings is 1. The molecule has 0 radical (unpaired) electrons. The highest BCUT2D eigenvalue weighted by Crippen LogP contribution is 2.24. The van der Waals surface area contributed by atoms with Crippen LogP contribution in [0, 0.1) is 0 Å². The minimum absolute atomic E-state index is 0.0143. The van der Waals surface area contributed by atoms with Crippen LogP contribution in [0.2, 0.25) is 5.02 Å². The maximum atomic E-state index is 12.3. The van der Waals surface area contributed by atoms with Crippen LogP contribution in [0.15, 0.2) is 46.3 Å². The van der Waals surface area contributed by atoms with Gasteiger partial charge in [0.05, 0.1) is 5.02 Å². The smallest absolute Gasteiger partial charge is 0.263 e. The summed E-state index contributed by atoms with van der Waals surface area (Å²) in [4.78, 5) is 5.04. The standard InChI is InChI=1S/C13H14ClN3O2S2/c1-15-13-12(14)7-11(8-16-13)21(18,19)17-9-3-5-10(20-2)6-4-9/h3-8,17H,1-2H3,(H,15,16). The van der Waals surface area contributed by atoms with E-state index in [-0.39, 0.29) is 9.92 Å². The van der Waals surface area contributed by atoms with E-state index in [0.29, 0.717) is 11.5 Å². The molecule has 2 rings (SSSR count). The molecule has 112 valence electrons. The van der Waals surface area contributed by atoms with E-state index < -0.39 is 10.0 Å². The van der Waals surface area contributed by atoms with E-state index in [0.717, 1.165) is 4.90 Å². The average molecular weight is 344 g/mol. The highest BCUT2D eigenvalue weighted by molar-refractivity contribution is 7.98. The predicted molar refractivity (Wildman–Crippen MR) is 87.8 cm³/mol. The van der Waals surface area contributed by atoms with Crippen molar-refractivity contribution in [3.8, 4) is 0 Å². The number of halogens is 1. The number of benzene rings is 1. The first-order chi connectivity index (χ1) is 9.96. The van der Waals surface area contributed by atoms with Crippen LogP contribution in [0.25, 0.3) is 0 Å². The molecule has 0 atom stereocenters. The van der Waals surface area contributed by atoms with E-state index in [1.807, 2.05) is 18.4 Å². The monoisotopic (exact) mass is 343 g/mol. The Kier molecular flexibility index (Phi) is 4.97. The fourth-order valence-electron chi connectivity index (χ4n) is 1.62. The van der Waals surface area contributed by atoms with Gasteiger partial charge in [0.1, 0.15) is 10.7 Å². The van der Waals surface area contributed by atoms with Crippen molar-refractivity contribution in [3.05, 3.63) is 41.6 Å². The second-order valence-electron chi connectivity index (χ2n) is 4.09. The van der Waals surface area contributed by atoms with Crippen molar-refractivity contribution >= 4 is 44.9 Å². The number of thioether (sulfide) groups is 1. The molecule has 1 aromatic carbocycles. The van der Waals surface area contributed by atoms with Gasteiger partial charge in [-0.1, -0.05) is 11.6 Å². The van der Waals surface area contributed by atoms with Crippen LogP contribution in [0.3, 0.4) is 0 Å². The Morgan fingerprint density at radius 1 is 1.24 bits per heavy atom. The number of aromatic nitrogens is 1. The quantitative estimate of drug-likeness (QED) is 0.815. The average Bonchev–Trinajstić information content (AvgIpc) is 2.47. The van der Waals surface area contributed by atoms with E-state index in [2.05, 4.69) is 15.0 Å². The molecule has 0 amide bonds. The molecule has 0 aliphatic rings. The molecule has 21 heavy (non-hydrogen) atoms. The van der Waals surface area contributed by atoms with Crippen molar-refractivity contribution in [2.45, 2.75) is 9.79 Å². The Bertz CT molecular complexity index is 734. The van der Waals surface area contributed by atoms with Crippen LogP contribution >= 0.6 is 23.4 Å². The van der Waals surface area contributed by atoms with Crippen molar-refractivity contribution in [2.75, 3.05) is 23.3 Å². The molecule has 0 aliphatic heterocycles. The summed E-state index contributed by atoms with van der Waals surface area (Å²) < 4.78 is 27.0. The molecule has 1 heterocycles. The highest BCUT2D eigenvalue weighted by atomic mass is 35.5. The predicted octanol–water partition coefficient (Wildman–Crippen LogP) is 3.30. The molecule has 2 N–H and O–H groups in total. The van der Waals surface area contributed by atoms with Crippen LogP contribution in [-0.2, 0) is 10.0 Å². The lowest BCUT2D eigenvalue weighted by atomic mass is 10.3. The summed E-state index contributed by atoms with van der Waals surface area (Å²) >= 11 is 7.54. The van der Waals surface area contributed by atoms with E-state index in [4.69, 9.17) is 11.6 Å².